The van der Waals surface area contributed by atoms with E-state index in [9.17, 15) is 34.2 Å². The summed E-state index contributed by atoms with van der Waals surface area (Å²) in [5.74, 6) is -10.1. The van der Waals surface area contributed by atoms with Crippen molar-refractivity contribution in [3.63, 3.8) is 0 Å². The van der Waals surface area contributed by atoms with Crippen molar-refractivity contribution < 1.29 is 34.2 Å². The van der Waals surface area contributed by atoms with Crippen LogP contribution >= 0.6 is 0 Å². The number of fused-ring (bicyclic) bond motifs is 3. The average molecular weight is 538 g/mol. The van der Waals surface area contributed by atoms with Gasteiger partial charge in [-0.2, -0.15) is 0 Å². The van der Waals surface area contributed by atoms with E-state index in [0.717, 1.165) is 25.1 Å². The van der Waals surface area contributed by atoms with Crippen LogP contribution in [0.2, 0.25) is 0 Å². The number of hydrogen-bond acceptors (Lipinski definition) is 9. The van der Waals surface area contributed by atoms with Crippen LogP contribution in [0.5, 0.6) is 5.75 Å². The number of carbonyl (C=O) groups excluding carboxylic acids is 5. The molecule has 1 aromatic rings. The number of phenols is 1. The fraction of sp³-hybridized carbons (Fsp3) is 0.552. The van der Waals surface area contributed by atoms with Crippen molar-refractivity contribution >= 4 is 29.0 Å². The number of benzene rings is 1. The summed E-state index contributed by atoms with van der Waals surface area (Å²) in [6, 6.07) is 0.820. The first kappa shape index (κ1) is 27.4. The SMILES string of the molecule is CCc1cc(CN2CC=CCC2)c(O)c2c1CC1CC3[C@H](N(C)C)C(=O)C(C(N)=O)C(=O)[C@@]3(O)C(=O)C1C2=O. The van der Waals surface area contributed by atoms with Crippen LogP contribution in [0.1, 0.15) is 46.8 Å². The smallest absolute Gasteiger partial charge is 0.235 e. The van der Waals surface area contributed by atoms with E-state index >= 15 is 0 Å². The minimum atomic E-state index is -2.71. The van der Waals surface area contributed by atoms with Gasteiger partial charge in [0.1, 0.15) is 5.75 Å². The van der Waals surface area contributed by atoms with Crippen molar-refractivity contribution in [3.8, 4) is 5.75 Å². The highest BCUT2D eigenvalue weighted by Gasteiger charge is 2.69. The highest BCUT2D eigenvalue weighted by molar-refractivity contribution is 6.32. The summed E-state index contributed by atoms with van der Waals surface area (Å²) in [7, 11) is 3.14. The largest absolute Gasteiger partial charge is 0.507 e. The van der Waals surface area contributed by atoms with Crippen LogP contribution in [-0.4, -0.2) is 87.9 Å². The number of nitrogens with zero attached hydrogens (tertiary/aromatic N) is 2. The van der Waals surface area contributed by atoms with Crippen molar-refractivity contribution in [2.24, 2.45) is 29.4 Å². The molecule has 0 bridgehead atoms. The zero-order valence-corrected chi connectivity index (χ0v) is 22.5. The molecule has 1 heterocycles. The Bertz CT molecular complexity index is 1320. The predicted molar refractivity (Wildman–Crippen MR) is 140 cm³/mol. The van der Waals surface area contributed by atoms with Crippen LogP contribution < -0.4 is 5.73 Å². The molecule has 10 heteroatoms. The Kier molecular flexibility index (Phi) is 6.85. The first-order chi connectivity index (χ1) is 18.4. The molecule has 1 aliphatic heterocycles. The summed E-state index contributed by atoms with van der Waals surface area (Å²) in [5.41, 5.74) is 4.90. The standard InChI is InChI=1S/C29H35N3O7/c1-4-14-10-16(13-32-8-6-5-7-9-32)23(33)20-17(14)11-15-12-18-22(31(2)3)25(35)21(28(30)38)27(37)29(18,39)26(36)19(15)24(20)34/h5-6,10,15,18-19,21-22,33,39H,4,7-9,11-13H2,1-3H3,(H2,30,38)/t15?,18?,19?,21?,22-,29-/m0/s1. The Morgan fingerprint density at radius 2 is 1.87 bits per heavy atom. The third-order valence-corrected chi connectivity index (χ3v) is 9.15. The lowest BCUT2D eigenvalue weighted by Gasteiger charge is -2.52. The third-order valence-electron chi connectivity index (χ3n) is 9.15. The summed E-state index contributed by atoms with van der Waals surface area (Å²) < 4.78 is 0. The van der Waals surface area contributed by atoms with Crippen LogP contribution in [0.4, 0.5) is 0 Å². The molecule has 4 aliphatic rings. The number of phenolic OH excluding ortho intramolecular Hbond substituents is 1. The molecule has 2 saturated carbocycles. The number of aliphatic hydroxyl groups is 1. The Balaban J connectivity index is 1.60. The number of nitrogens with two attached hydrogens (primary N) is 1. The molecule has 2 fully saturated rings. The molecular formula is C29H35N3O7. The van der Waals surface area contributed by atoms with Crippen molar-refractivity contribution in [2.75, 3.05) is 27.2 Å². The molecule has 208 valence electrons. The first-order valence-corrected chi connectivity index (χ1v) is 13.5. The Labute approximate surface area is 226 Å². The van der Waals surface area contributed by atoms with E-state index in [-0.39, 0.29) is 24.2 Å². The third kappa shape index (κ3) is 3.99. The number of rotatable bonds is 5. The van der Waals surface area contributed by atoms with Gasteiger partial charge in [0.15, 0.2) is 34.7 Å². The highest BCUT2D eigenvalue weighted by Crippen LogP contribution is 2.51. The number of hydrogen-bond donors (Lipinski definition) is 3. The van der Waals surface area contributed by atoms with Crippen molar-refractivity contribution in [3.05, 3.63) is 40.5 Å². The van der Waals surface area contributed by atoms with Gasteiger partial charge in [-0.1, -0.05) is 25.1 Å². The minimum absolute atomic E-state index is 0.0513. The average Bonchev–Trinajstić information content (AvgIpc) is 2.88. The maximum absolute atomic E-state index is 14.0. The van der Waals surface area contributed by atoms with Crippen molar-refractivity contribution in [1.82, 2.24) is 9.80 Å². The van der Waals surface area contributed by atoms with Gasteiger partial charge in [0.25, 0.3) is 0 Å². The minimum Gasteiger partial charge on any atom is -0.507 e. The molecule has 5 rings (SSSR count). The monoisotopic (exact) mass is 537 g/mol. The zero-order chi connectivity index (χ0) is 28.4. The predicted octanol–water partition coefficient (Wildman–Crippen LogP) is 0.191. The molecule has 4 N–H and O–H groups in total. The van der Waals surface area contributed by atoms with E-state index < -0.39 is 64.4 Å². The molecule has 0 spiro atoms. The highest BCUT2D eigenvalue weighted by atomic mass is 16.3. The summed E-state index contributed by atoms with van der Waals surface area (Å²) in [4.78, 5) is 70.4. The lowest BCUT2D eigenvalue weighted by Crippen LogP contribution is -2.74. The van der Waals surface area contributed by atoms with Gasteiger partial charge in [-0.15, -0.1) is 0 Å². The molecule has 0 radical (unpaired) electrons. The summed E-state index contributed by atoms with van der Waals surface area (Å²) in [6.45, 7) is 3.93. The lowest BCUT2D eigenvalue weighted by atomic mass is 9.52. The van der Waals surface area contributed by atoms with Crippen LogP contribution in [0.3, 0.4) is 0 Å². The second-order valence-corrected chi connectivity index (χ2v) is 11.5. The maximum Gasteiger partial charge on any atom is 0.235 e. The Hall–Kier alpha value is -3.21. The van der Waals surface area contributed by atoms with Crippen LogP contribution in [-0.2, 0) is 38.6 Å². The van der Waals surface area contributed by atoms with Gasteiger partial charge in [0.2, 0.25) is 5.91 Å². The number of carbonyl (C=O) groups is 5. The van der Waals surface area contributed by atoms with Crippen LogP contribution in [0.25, 0.3) is 0 Å². The van der Waals surface area contributed by atoms with Gasteiger partial charge >= 0.3 is 0 Å². The molecule has 1 amide bonds. The topological polar surface area (TPSA) is 158 Å². The van der Waals surface area contributed by atoms with E-state index in [1.54, 1.807) is 14.1 Å². The number of Topliss-reactive ketones (excluding diaryl/α,β-unsaturated/α-hetero) is 4. The molecule has 10 nitrogen and oxygen atoms in total. The molecule has 3 aliphatic carbocycles. The van der Waals surface area contributed by atoms with Gasteiger partial charge in [-0.05, 0) is 56.8 Å². The van der Waals surface area contributed by atoms with E-state index in [2.05, 4.69) is 17.1 Å². The number of ketones is 4. The molecule has 6 atom stereocenters. The lowest BCUT2D eigenvalue weighted by molar-refractivity contribution is -0.181. The van der Waals surface area contributed by atoms with Gasteiger partial charge < -0.3 is 15.9 Å². The van der Waals surface area contributed by atoms with E-state index in [1.807, 2.05) is 13.0 Å². The van der Waals surface area contributed by atoms with E-state index in [0.29, 0.717) is 24.1 Å². The molecule has 1 aromatic carbocycles. The van der Waals surface area contributed by atoms with Crippen molar-refractivity contribution in [2.45, 2.75) is 50.8 Å². The molecule has 39 heavy (non-hydrogen) atoms. The normalized spacial score (nSPS) is 32.7. The summed E-state index contributed by atoms with van der Waals surface area (Å²) in [6.07, 6.45) is 5.99. The van der Waals surface area contributed by atoms with E-state index in [4.69, 9.17) is 5.73 Å². The summed E-state index contributed by atoms with van der Waals surface area (Å²) >= 11 is 0. The fourth-order valence-corrected chi connectivity index (χ4v) is 7.32. The second kappa shape index (κ2) is 9.76. The zero-order valence-electron chi connectivity index (χ0n) is 22.5. The summed E-state index contributed by atoms with van der Waals surface area (Å²) in [5, 5.41) is 23.0. The fourth-order valence-electron chi connectivity index (χ4n) is 7.32. The van der Waals surface area contributed by atoms with Gasteiger partial charge in [0, 0.05) is 31.1 Å². The maximum atomic E-state index is 14.0. The number of primary amides is 1. The van der Waals surface area contributed by atoms with Gasteiger partial charge in [0.05, 0.1) is 17.5 Å². The van der Waals surface area contributed by atoms with Gasteiger partial charge in [-0.25, -0.2) is 0 Å². The number of aryl methyl sites for hydroxylation is 1. The molecule has 4 unspecified atom stereocenters. The Morgan fingerprint density at radius 1 is 1.15 bits per heavy atom. The van der Waals surface area contributed by atoms with Crippen LogP contribution in [0, 0.1) is 23.7 Å². The number of aromatic hydroxyl groups is 1. The molecule has 0 aromatic heterocycles. The number of likely N-dealkylation sites (N-methyl/N-ethyl adjacent to an activating group) is 1. The second-order valence-electron chi connectivity index (χ2n) is 11.5. The van der Waals surface area contributed by atoms with Crippen LogP contribution in [0.15, 0.2) is 18.2 Å². The van der Waals surface area contributed by atoms with Crippen molar-refractivity contribution in [1.29, 1.82) is 0 Å². The van der Waals surface area contributed by atoms with E-state index in [1.165, 1.54) is 4.90 Å². The van der Waals surface area contributed by atoms with Gasteiger partial charge in [-0.3, -0.25) is 33.8 Å². The quantitative estimate of drug-likeness (QED) is 0.352. The molecule has 0 saturated heterocycles. The first-order valence-electron chi connectivity index (χ1n) is 13.5. The number of amides is 1. The molecular weight excluding hydrogens is 502 g/mol. The Morgan fingerprint density at radius 3 is 2.46 bits per heavy atom.